The number of nitrogens with zero attached hydrogens (tertiary/aromatic N) is 2. The second-order valence-electron chi connectivity index (χ2n) is 18.1. The molecule has 28 heteroatoms. The minimum Gasteiger partial charge on any atom is -0.463 e. The van der Waals surface area contributed by atoms with Gasteiger partial charge >= 0.3 is 43.0 Å². The van der Waals surface area contributed by atoms with Crippen molar-refractivity contribution < 1.29 is 90.9 Å². The summed E-state index contributed by atoms with van der Waals surface area (Å²) in [7, 11) is -8.21. The van der Waals surface area contributed by atoms with Crippen LogP contribution in [0.25, 0.3) is 0 Å². The maximum Gasteiger partial charge on any atom is 0.517 e. The number of rotatable bonds is 45. The van der Waals surface area contributed by atoms with Gasteiger partial charge in [-0.2, -0.15) is 51.8 Å². The number of para-hydroxylation sites is 2. The number of ether oxygens (including phenoxy) is 4. The summed E-state index contributed by atoms with van der Waals surface area (Å²) in [5.74, 6) is -2.63. The van der Waals surface area contributed by atoms with Crippen molar-refractivity contribution >= 4 is 88.6 Å². The van der Waals surface area contributed by atoms with Crippen LogP contribution in [-0.2, 0) is 67.8 Å². The number of esters is 2. The maximum atomic E-state index is 13.2. The van der Waals surface area contributed by atoms with Gasteiger partial charge in [-0.15, -0.1) is 0 Å². The summed E-state index contributed by atoms with van der Waals surface area (Å²) in [6.07, 6.45) is 15.3. The van der Waals surface area contributed by atoms with Crippen molar-refractivity contribution in [3.8, 4) is 0 Å². The molecule has 80 heavy (non-hydrogen) atoms. The fourth-order valence-electron chi connectivity index (χ4n) is 7.40. The van der Waals surface area contributed by atoms with Crippen molar-refractivity contribution in [2.24, 2.45) is 0 Å². The highest BCUT2D eigenvalue weighted by molar-refractivity contribution is 8.76. The van der Waals surface area contributed by atoms with Gasteiger partial charge in [0.05, 0.1) is 50.6 Å². The molecule has 2 aromatic rings. The van der Waals surface area contributed by atoms with Gasteiger partial charge in [-0.05, 0) is 49.9 Å². The van der Waals surface area contributed by atoms with Gasteiger partial charge in [-0.1, -0.05) is 135 Å². The molecule has 0 spiro atoms. The van der Waals surface area contributed by atoms with E-state index in [0.717, 1.165) is 87.1 Å². The Balaban J connectivity index is 1.30. The van der Waals surface area contributed by atoms with Gasteiger partial charge < -0.3 is 29.6 Å². The lowest BCUT2D eigenvalue weighted by Gasteiger charge is -2.23. The first-order valence-corrected chi connectivity index (χ1v) is 32.1. The van der Waals surface area contributed by atoms with Crippen LogP contribution < -0.4 is 19.2 Å². The molecule has 454 valence electrons. The van der Waals surface area contributed by atoms with Crippen molar-refractivity contribution in [2.45, 2.75) is 152 Å². The molecule has 2 rings (SSSR count). The van der Waals surface area contributed by atoms with Crippen LogP contribution in [0.2, 0.25) is 0 Å². The lowest BCUT2D eigenvalue weighted by atomic mass is 10.1. The van der Waals surface area contributed by atoms with E-state index < -0.39 is 91.9 Å². The standard InChI is InChI=1S/C52H76F6N4O14S4/c53-51(54,55)79(69,70)61(43-23-15-13-16-24-43)47(65)29-31-49(67)75-39-37-73-35-33-59-45(63)27-19-9-5-1-3-7-11-21-41-77-78-42-22-12-8-4-2-6-10-20-28-46(64)60-34-36-74-38-40-76-50(68)32-30-48(66)62(44-25-17-14-18-26-44)80(71,72)52(56,57)58/h13-18,23-26H,1-12,19-22,27-42H2,(H,59,63)(H,60,64). The average Bonchev–Trinajstić information content (AvgIpc) is 3.59. The molecule has 2 aromatic carbocycles. The highest BCUT2D eigenvalue weighted by Crippen LogP contribution is 2.33. The third-order valence-electron chi connectivity index (χ3n) is 11.6. The van der Waals surface area contributed by atoms with E-state index in [1.807, 2.05) is 21.6 Å². The lowest BCUT2D eigenvalue weighted by molar-refractivity contribution is -0.146. The van der Waals surface area contributed by atoms with Gasteiger partial charge in [-0.3, -0.25) is 28.8 Å². The van der Waals surface area contributed by atoms with Crippen molar-refractivity contribution in [1.82, 2.24) is 10.6 Å². The molecule has 0 aliphatic carbocycles. The van der Waals surface area contributed by atoms with Crippen molar-refractivity contribution in [3.05, 3.63) is 60.7 Å². The molecule has 18 nitrogen and oxygen atoms in total. The molecule has 0 bridgehead atoms. The Bertz CT molecular complexity index is 2180. The Hall–Kier alpha value is -4.64. The number of carbonyl (C=O) groups excluding carboxylic acids is 6. The fraction of sp³-hybridized carbons (Fsp3) is 0.654. The van der Waals surface area contributed by atoms with E-state index in [1.54, 1.807) is 0 Å². The predicted molar refractivity (Wildman–Crippen MR) is 294 cm³/mol. The summed E-state index contributed by atoms with van der Waals surface area (Å²) < 4.78 is 147. The predicted octanol–water partition coefficient (Wildman–Crippen LogP) is 10.1. The van der Waals surface area contributed by atoms with E-state index >= 15 is 0 Å². The van der Waals surface area contributed by atoms with Crippen LogP contribution in [0.4, 0.5) is 37.7 Å². The van der Waals surface area contributed by atoms with Gasteiger partial charge in [0.15, 0.2) is 0 Å². The van der Waals surface area contributed by atoms with Crippen LogP contribution in [0.1, 0.15) is 141 Å². The summed E-state index contributed by atoms with van der Waals surface area (Å²) in [6.45, 7) is 0.330. The number of sulfonamides is 2. The molecule has 0 aliphatic heterocycles. The van der Waals surface area contributed by atoms with Gasteiger partial charge in [0.1, 0.15) is 13.2 Å². The number of hydrogen-bond donors (Lipinski definition) is 2. The van der Waals surface area contributed by atoms with Crippen LogP contribution in [0.3, 0.4) is 0 Å². The number of alkyl halides is 6. The third kappa shape index (κ3) is 30.4. The van der Waals surface area contributed by atoms with Gasteiger partial charge in [0, 0.05) is 50.3 Å². The first-order valence-electron chi connectivity index (χ1n) is 26.7. The summed E-state index contributed by atoms with van der Waals surface area (Å²) in [5, 5.41) is 5.52. The monoisotopic (exact) mass is 1220 g/mol. The van der Waals surface area contributed by atoms with Crippen LogP contribution in [0, 0.1) is 0 Å². The molecule has 0 aromatic heterocycles. The smallest absolute Gasteiger partial charge is 0.463 e. The summed E-state index contributed by atoms with van der Waals surface area (Å²) in [6, 6.07) is 12.0. The normalized spacial score (nSPS) is 11.9. The Kier molecular flexibility index (Phi) is 36.2. The zero-order valence-electron chi connectivity index (χ0n) is 44.9. The van der Waals surface area contributed by atoms with E-state index in [-0.39, 0.29) is 73.2 Å². The molecule has 0 unspecified atom stereocenters. The van der Waals surface area contributed by atoms with Crippen LogP contribution >= 0.6 is 21.6 Å². The molecule has 0 saturated carbocycles. The van der Waals surface area contributed by atoms with Crippen LogP contribution in [0.15, 0.2) is 60.7 Å². The second-order valence-corrected chi connectivity index (χ2v) is 24.3. The number of nitrogens with one attached hydrogen (secondary N) is 2. The molecule has 0 fully saturated rings. The van der Waals surface area contributed by atoms with Crippen LogP contribution in [0.5, 0.6) is 0 Å². The SMILES string of the molecule is O=C(CCCCCCCCCCSSCCCCCCCCCCC(=O)NCCOCCOC(=O)CCC(=O)N(c1ccccc1)S(=O)(=O)C(F)(F)F)NCCOCCOC(=O)CCC(=O)N(c1ccccc1)S(=O)(=O)C(F)(F)F. The average molecular weight is 1220 g/mol. The number of halogens is 6. The van der Waals surface area contributed by atoms with E-state index in [2.05, 4.69) is 10.6 Å². The van der Waals surface area contributed by atoms with Crippen molar-refractivity contribution in [1.29, 1.82) is 0 Å². The topological polar surface area (TPSA) is 238 Å². The zero-order valence-corrected chi connectivity index (χ0v) is 48.2. The van der Waals surface area contributed by atoms with E-state index in [9.17, 15) is 71.9 Å². The minimum atomic E-state index is -6.05. The summed E-state index contributed by atoms with van der Waals surface area (Å²) in [5.41, 5.74) is -12.5. The van der Waals surface area contributed by atoms with Gasteiger partial charge in [0.25, 0.3) is 0 Å². The molecule has 0 atom stereocenters. The quantitative estimate of drug-likeness (QED) is 0.0271. The van der Waals surface area contributed by atoms with E-state index in [4.69, 9.17) is 18.9 Å². The lowest BCUT2D eigenvalue weighted by Crippen LogP contribution is -2.44. The van der Waals surface area contributed by atoms with Crippen LogP contribution in [-0.4, -0.2) is 128 Å². The van der Waals surface area contributed by atoms with E-state index in [1.165, 1.54) is 87.8 Å². The first-order chi connectivity index (χ1) is 38.1. The molecule has 0 radical (unpaired) electrons. The number of carbonyl (C=O) groups is 6. The number of amides is 4. The molecule has 4 amide bonds. The van der Waals surface area contributed by atoms with Crippen molar-refractivity contribution in [3.63, 3.8) is 0 Å². The molecule has 0 aliphatic rings. The molecule has 2 N–H and O–H groups in total. The number of unbranched alkanes of at least 4 members (excludes halogenated alkanes) is 14. The van der Waals surface area contributed by atoms with Crippen molar-refractivity contribution in [2.75, 3.05) is 72.8 Å². The molecule has 0 saturated heterocycles. The molecule has 0 heterocycles. The second kappa shape index (κ2) is 40.5. The zero-order chi connectivity index (χ0) is 59.1. The Morgan fingerprint density at radius 3 is 1.05 bits per heavy atom. The van der Waals surface area contributed by atoms with E-state index in [0.29, 0.717) is 12.8 Å². The number of benzene rings is 2. The fourth-order valence-corrected chi connectivity index (χ4v) is 11.6. The largest absolute Gasteiger partial charge is 0.517 e. The third-order valence-corrected chi connectivity index (χ3v) is 17.1. The summed E-state index contributed by atoms with van der Waals surface area (Å²) >= 11 is 0. The Morgan fingerprint density at radius 1 is 0.412 bits per heavy atom. The number of anilines is 2. The Morgan fingerprint density at radius 2 is 0.725 bits per heavy atom. The summed E-state index contributed by atoms with van der Waals surface area (Å²) in [4.78, 5) is 73.3. The van der Waals surface area contributed by atoms with Gasteiger partial charge in [-0.25, -0.2) is 0 Å². The first kappa shape index (κ1) is 71.5. The Labute approximate surface area is 473 Å². The number of hydrogen-bond acceptors (Lipinski definition) is 16. The highest BCUT2D eigenvalue weighted by atomic mass is 33.1. The molecular weight excluding hydrogens is 1150 g/mol. The highest BCUT2D eigenvalue weighted by Gasteiger charge is 2.53. The minimum absolute atomic E-state index is 0.0295. The van der Waals surface area contributed by atoms with Gasteiger partial charge in [0.2, 0.25) is 23.6 Å². The maximum absolute atomic E-state index is 13.2. The molecular formula is C52H76F6N4O14S4.